The molecule has 3 unspecified atom stereocenters. The number of rotatable bonds is 5. The van der Waals surface area contributed by atoms with Crippen molar-refractivity contribution in [3.8, 4) is 0 Å². The highest BCUT2D eigenvalue weighted by molar-refractivity contribution is 5.77. The van der Waals surface area contributed by atoms with Gasteiger partial charge in [0.1, 0.15) is 13.2 Å². The van der Waals surface area contributed by atoms with Crippen LogP contribution in [0, 0.1) is 0 Å². The van der Waals surface area contributed by atoms with Crippen LogP contribution < -0.4 is 10.6 Å². The maximum Gasteiger partial charge on any atom is 0.405 e. The van der Waals surface area contributed by atoms with Crippen molar-refractivity contribution in [1.29, 1.82) is 0 Å². The van der Waals surface area contributed by atoms with Gasteiger partial charge in [-0.2, -0.15) is 13.2 Å². The molecule has 0 radical (unpaired) electrons. The van der Waals surface area contributed by atoms with Gasteiger partial charge in [0, 0.05) is 12.1 Å². The first-order valence-electron chi connectivity index (χ1n) is 6.53. The lowest BCUT2D eigenvalue weighted by Gasteiger charge is -2.35. The van der Waals surface area contributed by atoms with Gasteiger partial charge in [-0.3, -0.25) is 4.79 Å². The van der Waals surface area contributed by atoms with Gasteiger partial charge < -0.3 is 15.4 Å². The topological polar surface area (TPSA) is 50.4 Å². The Morgan fingerprint density at radius 2 is 2.11 bits per heavy atom. The van der Waals surface area contributed by atoms with Gasteiger partial charge in [0.25, 0.3) is 0 Å². The molecule has 1 aliphatic rings. The van der Waals surface area contributed by atoms with E-state index in [-0.39, 0.29) is 18.8 Å². The molecule has 1 rings (SSSR count). The van der Waals surface area contributed by atoms with Crippen LogP contribution in [0.5, 0.6) is 0 Å². The van der Waals surface area contributed by atoms with Crippen molar-refractivity contribution in [3.63, 3.8) is 0 Å². The Kier molecular flexibility index (Phi) is 6.06. The molecule has 1 saturated heterocycles. The van der Waals surface area contributed by atoms with Crippen molar-refractivity contribution >= 4 is 5.91 Å². The second-order valence-electron chi connectivity index (χ2n) is 4.90. The SMILES string of the molecule is CCC1NC(C)CCC1OCC(=O)NCC(F)(F)F. The number of carbonyl (C=O) groups is 1. The largest absolute Gasteiger partial charge is 0.405 e. The molecule has 0 spiro atoms. The number of amides is 1. The molecule has 0 aromatic carbocycles. The van der Waals surface area contributed by atoms with E-state index >= 15 is 0 Å². The third-order valence-corrected chi connectivity index (χ3v) is 3.19. The highest BCUT2D eigenvalue weighted by Gasteiger charge is 2.29. The van der Waals surface area contributed by atoms with Crippen LogP contribution in [0.1, 0.15) is 33.1 Å². The molecule has 0 aromatic heterocycles. The highest BCUT2D eigenvalue weighted by Crippen LogP contribution is 2.18. The van der Waals surface area contributed by atoms with E-state index in [1.165, 1.54) is 0 Å². The van der Waals surface area contributed by atoms with Gasteiger partial charge >= 0.3 is 6.18 Å². The molecule has 0 aromatic rings. The van der Waals surface area contributed by atoms with Crippen LogP contribution in [0.15, 0.2) is 0 Å². The van der Waals surface area contributed by atoms with Crippen molar-refractivity contribution < 1.29 is 22.7 Å². The quantitative estimate of drug-likeness (QED) is 0.805. The van der Waals surface area contributed by atoms with E-state index < -0.39 is 18.6 Å². The monoisotopic (exact) mass is 282 g/mol. The zero-order valence-electron chi connectivity index (χ0n) is 11.2. The standard InChI is InChI=1S/C12H21F3N2O2/c1-3-9-10(5-4-8(2)17-9)19-6-11(18)16-7-12(13,14)15/h8-10,17H,3-7H2,1-2H3,(H,16,18). The van der Waals surface area contributed by atoms with E-state index in [1.807, 2.05) is 6.92 Å². The Morgan fingerprint density at radius 1 is 1.42 bits per heavy atom. The van der Waals surface area contributed by atoms with E-state index in [4.69, 9.17) is 4.74 Å². The lowest BCUT2D eigenvalue weighted by atomic mass is 9.95. The minimum absolute atomic E-state index is 0.113. The summed E-state index contributed by atoms with van der Waals surface area (Å²) in [6.07, 6.45) is -1.88. The molecule has 2 N–H and O–H groups in total. The molecule has 1 fully saturated rings. The first-order chi connectivity index (χ1) is 8.81. The summed E-state index contributed by atoms with van der Waals surface area (Å²) in [5.74, 6) is -0.731. The van der Waals surface area contributed by atoms with E-state index in [9.17, 15) is 18.0 Å². The van der Waals surface area contributed by atoms with Crippen LogP contribution >= 0.6 is 0 Å². The number of hydrogen-bond acceptors (Lipinski definition) is 3. The normalized spacial score (nSPS) is 28.2. The van der Waals surface area contributed by atoms with Crippen molar-refractivity contribution in [2.45, 2.75) is 57.5 Å². The van der Waals surface area contributed by atoms with Crippen molar-refractivity contribution in [3.05, 3.63) is 0 Å². The fraction of sp³-hybridized carbons (Fsp3) is 0.917. The smallest absolute Gasteiger partial charge is 0.367 e. The Balaban J connectivity index is 2.29. The summed E-state index contributed by atoms with van der Waals surface area (Å²) in [5, 5.41) is 5.15. The maximum absolute atomic E-state index is 11.9. The molecule has 3 atom stereocenters. The van der Waals surface area contributed by atoms with Crippen LogP contribution in [-0.2, 0) is 9.53 Å². The molecule has 1 aliphatic heterocycles. The summed E-state index contributed by atoms with van der Waals surface area (Å²) in [6.45, 7) is 2.45. The van der Waals surface area contributed by atoms with Gasteiger partial charge in [0.15, 0.2) is 0 Å². The minimum atomic E-state index is -4.39. The maximum atomic E-state index is 11.9. The molecule has 0 aliphatic carbocycles. The van der Waals surface area contributed by atoms with Gasteiger partial charge in [-0.1, -0.05) is 6.92 Å². The van der Waals surface area contributed by atoms with Gasteiger partial charge in [0.05, 0.1) is 6.10 Å². The summed E-state index contributed by atoms with van der Waals surface area (Å²) >= 11 is 0. The molecule has 0 bridgehead atoms. The van der Waals surface area contributed by atoms with Crippen LogP contribution in [0.25, 0.3) is 0 Å². The number of piperidine rings is 1. The molecule has 4 nitrogen and oxygen atoms in total. The number of hydrogen-bond donors (Lipinski definition) is 2. The number of carbonyl (C=O) groups excluding carboxylic acids is 1. The number of nitrogens with one attached hydrogen (secondary N) is 2. The predicted octanol–water partition coefficient (Wildman–Crippen LogP) is 1.60. The van der Waals surface area contributed by atoms with E-state index in [1.54, 1.807) is 5.32 Å². The summed E-state index contributed by atoms with van der Waals surface area (Å²) in [6, 6.07) is 0.558. The fourth-order valence-corrected chi connectivity index (χ4v) is 2.18. The second-order valence-corrected chi connectivity index (χ2v) is 4.90. The van der Waals surface area contributed by atoms with E-state index in [0.29, 0.717) is 6.04 Å². The lowest BCUT2D eigenvalue weighted by Crippen LogP contribution is -2.50. The van der Waals surface area contributed by atoms with E-state index in [2.05, 4.69) is 12.2 Å². The van der Waals surface area contributed by atoms with Crippen LogP contribution in [0.3, 0.4) is 0 Å². The van der Waals surface area contributed by atoms with Crippen molar-refractivity contribution in [2.75, 3.05) is 13.2 Å². The average molecular weight is 282 g/mol. The Morgan fingerprint density at radius 3 is 2.68 bits per heavy atom. The Hall–Kier alpha value is -0.820. The van der Waals surface area contributed by atoms with Gasteiger partial charge in [-0.25, -0.2) is 0 Å². The highest BCUT2D eigenvalue weighted by atomic mass is 19.4. The summed E-state index contributed by atoms with van der Waals surface area (Å²) < 4.78 is 41.1. The summed E-state index contributed by atoms with van der Waals surface area (Å²) in [7, 11) is 0. The molecular formula is C12H21F3N2O2. The second kappa shape index (κ2) is 7.09. The first-order valence-corrected chi connectivity index (χ1v) is 6.53. The van der Waals surface area contributed by atoms with Crippen LogP contribution in [-0.4, -0.2) is 43.4 Å². The number of alkyl halides is 3. The molecule has 7 heteroatoms. The summed E-state index contributed by atoms with van der Waals surface area (Å²) in [5.41, 5.74) is 0. The van der Waals surface area contributed by atoms with Crippen molar-refractivity contribution in [1.82, 2.24) is 10.6 Å². The molecule has 0 saturated carbocycles. The number of ether oxygens (including phenoxy) is 1. The molecular weight excluding hydrogens is 261 g/mol. The minimum Gasteiger partial charge on any atom is -0.367 e. The third kappa shape index (κ3) is 6.24. The van der Waals surface area contributed by atoms with Crippen LogP contribution in [0.4, 0.5) is 13.2 Å². The Labute approximate surface area is 111 Å². The lowest BCUT2D eigenvalue weighted by molar-refractivity contribution is -0.143. The molecule has 1 amide bonds. The molecule has 19 heavy (non-hydrogen) atoms. The third-order valence-electron chi connectivity index (χ3n) is 3.19. The zero-order valence-corrected chi connectivity index (χ0v) is 11.2. The zero-order chi connectivity index (χ0) is 14.5. The van der Waals surface area contributed by atoms with Gasteiger partial charge in [0.2, 0.25) is 5.91 Å². The van der Waals surface area contributed by atoms with Crippen molar-refractivity contribution in [2.24, 2.45) is 0 Å². The molecule has 112 valence electrons. The fourth-order valence-electron chi connectivity index (χ4n) is 2.18. The first kappa shape index (κ1) is 16.2. The van der Waals surface area contributed by atoms with Crippen LogP contribution in [0.2, 0.25) is 0 Å². The predicted molar refractivity (Wildman–Crippen MR) is 64.7 cm³/mol. The van der Waals surface area contributed by atoms with Gasteiger partial charge in [-0.15, -0.1) is 0 Å². The molecule has 1 heterocycles. The summed E-state index contributed by atoms with van der Waals surface area (Å²) in [4.78, 5) is 11.2. The average Bonchev–Trinajstić information content (AvgIpc) is 2.33. The van der Waals surface area contributed by atoms with E-state index in [0.717, 1.165) is 19.3 Å². The van der Waals surface area contributed by atoms with Gasteiger partial charge in [-0.05, 0) is 26.2 Å². The number of halogens is 3. The Bertz CT molecular complexity index is 297.